The lowest BCUT2D eigenvalue weighted by Crippen LogP contribution is -2.13. The molecule has 0 atom stereocenters. The fourth-order valence-electron chi connectivity index (χ4n) is 1.51. The molecule has 0 aliphatic heterocycles. The molecule has 1 aliphatic carbocycles. The smallest absolute Gasteiger partial charge is 0.0747 e. The normalized spacial score (nSPS) is 17.1. The first-order valence-corrected chi connectivity index (χ1v) is 4.97. The highest BCUT2D eigenvalue weighted by atomic mass is 14.9. The Morgan fingerprint density at radius 3 is 2.71 bits per heavy atom. The molecule has 2 nitrogen and oxygen atoms in total. The summed E-state index contributed by atoms with van der Waals surface area (Å²) in [4.78, 5) is 0. The van der Waals surface area contributed by atoms with Crippen LogP contribution in [-0.2, 0) is 0 Å². The van der Waals surface area contributed by atoms with Crippen LogP contribution in [0.2, 0.25) is 0 Å². The molecule has 0 amide bonds. The molecule has 0 unspecified atom stereocenters. The highest BCUT2D eigenvalue weighted by Gasteiger charge is 2.42. The van der Waals surface area contributed by atoms with Gasteiger partial charge in [0.2, 0.25) is 0 Å². The Morgan fingerprint density at radius 1 is 1.43 bits per heavy atom. The maximum Gasteiger partial charge on any atom is 0.0747 e. The molecular formula is C12H14N2. The number of anilines is 1. The van der Waals surface area contributed by atoms with Gasteiger partial charge in [-0.1, -0.05) is 18.2 Å². The first-order valence-electron chi connectivity index (χ1n) is 4.97. The largest absolute Gasteiger partial charge is 0.383 e. The van der Waals surface area contributed by atoms with E-state index in [0.29, 0.717) is 0 Å². The lowest BCUT2D eigenvalue weighted by Gasteiger charge is -2.11. The zero-order chi connectivity index (χ0) is 10.0. The minimum Gasteiger partial charge on any atom is -0.383 e. The Labute approximate surface area is 84.6 Å². The molecule has 0 radical (unpaired) electrons. The van der Waals surface area contributed by atoms with Crippen LogP contribution in [-0.4, -0.2) is 6.54 Å². The predicted molar refractivity (Wildman–Crippen MR) is 56.9 cm³/mol. The van der Waals surface area contributed by atoms with Crippen LogP contribution in [0.15, 0.2) is 24.3 Å². The Hall–Kier alpha value is -1.49. The molecule has 1 N–H and O–H groups in total. The molecule has 0 saturated heterocycles. The van der Waals surface area contributed by atoms with Crippen molar-refractivity contribution in [3.05, 3.63) is 29.8 Å². The molecular weight excluding hydrogens is 172 g/mol. The van der Waals surface area contributed by atoms with Gasteiger partial charge >= 0.3 is 0 Å². The number of nitrogens with zero attached hydrogens (tertiary/aromatic N) is 1. The first-order chi connectivity index (χ1) is 6.76. The minimum absolute atomic E-state index is 0.0672. The monoisotopic (exact) mass is 186 g/mol. The first kappa shape index (κ1) is 9.08. The van der Waals surface area contributed by atoms with Crippen LogP contribution in [0.5, 0.6) is 0 Å². The van der Waals surface area contributed by atoms with Crippen molar-refractivity contribution >= 4 is 5.69 Å². The summed E-state index contributed by atoms with van der Waals surface area (Å²) in [7, 11) is 0. The molecule has 1 aromatic carbocycles. The minimum atomic E-state index is -0.0672. The van der Waals surface area contributed by atoms with E-state index in [1.165, 1.54) is 5.56 Å². The molecule has 0 heterocycles. The molecule has 1 aromatic rings. The molecule has 1 aliphatic rings. The van der Waals surface area contributed by atoms with E-state index in [-0.39, 0.29) is 5.41 Å². The Morgan fingerprint density at radius 2 is 2.14 bits per heavy atom. The van der Waals surface area contributed by atoms with Gasteiger partial charge in [0.1, 0.15) is 0 Å². The third-order valence-electron chi connectivity index (χ3n) is 2.85. The summed E-state index contributed by atoms with van der Waals surface area (Å²) < 4.78 is 0. The molecule has 0 bridgehead atoms. The Bertz CT molecular complexity index is 372. The van der Waals surface area contributed by atoms with E-state index in [4.69, 9.17) is 5.26 Å². The SMILES string of the molecule is Cc1ccccc1NCC1(C#N)CC1. The van der Waals surface area contributed by atoms with Crippen LogP contribution in [0.25, 0.3) is 0 Å². The lowest BCUT2D eigenvalue weighted by molar-refractivity contribution is 0.711. The molecule has 2 heteroatoms. The maximum atomic E-state index is 8.91. The van der Waals surface area contributed by atoms with Gasteiger partial charge in [-0.2, -0.15) is 5.26 Å². The van der Waals surface area contributed by atoms with Crippen LogP contribution >= 0.6 is 0 Å². The van der Waals surface area contributed by atoms with Crippen molar-refractivity contribution < 1.29 is 0 Å². The van der Waals surface area contributed by atoms with E-state index < -0.39 is 0 Å². The van der Waals surface area contributed by atoms with Gasteiger partial charge in [-0.15, -0.1) is 0 Å². The molecule has 0 spiro atoms. The van der Waals surface area contributed by atoms with E-state index in [1.807, 2.05) is 12.1 Å². The van der Waals surface area contributed by atoms with Gasteiger partial charge in [-0.05, 0) is 31.4 Å². The molecule has 1 fully saturated rings. The third kappa shape index (κ3) is 1.72. The van der Waals surface area contributed by atoms with Crippen molar-refractivity contribution in [1.82, 2.24) is 0 Å². The number of benzene rings is 1. The summed E-state index contributed by atoms with van der Waals surface area (Å²) >= 11 is 0. The Balaban J connectivity index is 1.99. The number of nitrogens with one attached hydrogen (secondary N) is 1. The van der Waals surface area contributed by atoms with Crippen molar-refractivity contribution in [1.29, 1.82) is 5.26 Å². The van der Waals surface area contributed by atoms with Gasteiger partial charge in [0.25, 0.3) is 0 Å². The standard InChI is InChI=1S/C12H14N2/c1-10-4-2-3-5-11(10)14-9-12(8-13)6-7-12/h2-5,14H,6-7,9H2,1H3. The van der Waals surface area contributed by atoms with Gasteiger partial charge < -0.3 is 5.32 Å². The van der Waals surface area contributed by atoms with Crippen LogP contribution in [0.4, 0.5) is 5.69 Å². The molecule has 2 rings (SSSR count). The second kappa shape index (κ2) is 3.34. The van der Waals surface area contributed by atoms with Crippen molar-refractivity contribution in [2.24, 2.45) is 5.41 Å². The summed E-state index contributed by atoms with van der Waals surface area (Å²) in [6, 6.07) is 10.6. The van der Waals surface area contributed by atoms with Crippen molar-refractivity contribution in [3.8, 4) is 6.07 Å². The molecule has 72 valence electrons. The highest BCUT2D eigenvalue weighted by Crippen LogP contribution is 2.44. The van der Waals surface area contributed by atoms with Gasteiger partial charge in [-0.3, -0.25) is 0 Å². The van der Waals surface area contributed by atoms with Gasteiger partial charge in [0, 0.05) is 12.2 Å². The quantitative estimate of drug-likeness (QED) is 0.787. The average molecular weight is 186 g/mol. The maximum absolute atomic E-state index is 8.91. The fraction of sp³-hybridized carbons (Fsp3) is 0.417. The van der Waals surface area contributed by atoms with E-state index in [1.54, 1.807) is 0 Å². The summed E-state index contributed by atoms with van der Waals surface area (Å²) in [5, 5.41) is 12.3. The highest BCUT2D eigenvalue weighted by molar-refractivity contribution is 5.50. The van der Waals surface area contributed by atoms with Crippen LogP contribution < -0.4 is 5.32 Å². The lowest BCUT2D eigenvalue weighted by atomic mass is 10.1. The van der Waals surface area contributed by atoms with E-state index in [9.17, 15) is 0 Å². The second-order valence-corrected chi connectivity index (χ2v) is 4.06. The molecule has 0 aromatic heterocycles. The number of aryl methyl sites for hydroxylation is 1. The summed E-state index contributed by atoms with van der Waals surface area (Å²) in [5.74, 6) is 0. The van der Waals surface area contributed by atoms with E-state index in [0.717, 1.165) is 25.1 Å². The average Bonchev–Trinajstić information content (AvgIpc) is 2.98. The van der Waals surface area contributed by atoms with E-state index >= 15 is 0 Å². The summed E-state index contributed by atoms with van der Waals surface area (Å²) in [5.41, 5.74) is 2.32. The summed E-state index contributed by atoms with van der Waals surface area (Å²) in [6.45, 7) is 2.86. The third-order valence-corrected chi connectivity index (χ3v) is 2.85. The van der Waals surface area contributed by atoms with Crippen molar-refractivity contribution in [2.75, 3.05) is 11.9 Å². The number of rotatable bonds is 3. The topological polar surface area (TPSA) is 35.8 Å². The van der Waals surface area contributed by atoms with E-state index in [2.05, 4.69) is 30.4 Å². The van der Waals surface area contributed by atoms with Crippen LogP contribution in [0.3, 0.4) is 0 Å². The zero-order valence-electron chi connectivity index (χ0n) is 8.38. The number of hydrogen-bond acceptors (Lipinski definition) is 2. The van der Waals surface area contributed by atoms with Crippen molar-refractivity contribution in [2.45, 2.75) is 19.8 Å². The number of hydrogen-bond donors (Lipinski definition) is 1. The fourth-order valence-corrected chi connectivity index (χ4v) is 1.51. The predicted octanol–water partition coefficient (Wildman–Crippen LogP) is 2.71. The van der Waals surface area contributed by atoms with Gasteiger partial charge in [0.05, 0.1) is 11.5 Å². The van der Waals surface area contributed by atoms with Gasteiger partial charge in [0.15, 0.2) is 0 Å². The van der Waals surface area contributed by atoms with Crippen LogP contribution in [0, 0.1) is 23.7 Å². The second-order valence-electron chi connectivity index (χ2n) is 4.06. The zero-order valence-corrected chi connectivity index (χ0v) is 8.38. The Kier molecular flexibility index (Phi) is 2.17. The molecule has 14 heavy (non-hydrogen) atoms. The number of para-hydroxylation sites is 1. The molecule has 1 saturated carbocycles. The van der Waals surface area contributed by atoms with Crippen molar-refractivity contribution in [3.63, 3.8) is 0 Å². The number of nitriles is 1. The van der Waals surface area contributed by atoms with Crippen LogP contribution in [0.1, 0.15) is 18.4 Å². The van der Waals surface area contributed by atoms with Gasteiger partial charge in [-0.25, -0.2) is 0 Å². The summed E-state index contributed by atoms with van der Waals surface area (Å²) in [6.07, 6.45) is 2.09.